The first-order valence-electron chi connectivity index (χ1n) is 2.09. The zero-order chi connectivity index (χ0) is 6.91. The second kappa shape index (κ2) is 2.30. The van der Waals surface area contributed by atoms with E-state index in [1.54, 1.807) is 0 Å². The highest BCUT2D eigenvalue weighted by Gasteiger charge is 2.32. The van der Waals surface area contributed by atoms with E-state index in [0.29, 0.717) is 4.36 Å². The lowest BCUT2D eigenvalue weighted by molar-refractivity contribution is 0.885. The molecule has 1 unspecified atom stereocenters. The molecular weight excluding hydrogens is 179 g/mol. The van der Waals surface area contributed by atoms with Gasteiger partial charge in [0.25, 0.3) is 4.33 Å². The molecule has 1 N–H and O–H groups in total. The van der Waals surface area contributed by atoms with E-state index >= 15 is 0 Å². The summed E-state index contributed by atoms with van der Waals surface area (Å²) in [5.41, 5.74) is 0. The standard InChI is InChI=1S/C4H2Cl2N2S/c5-3-1-8-4(6,2-7)9-3/h1,8H. The molecule has 0 aromatic heterocycles. The molecule has 0 amide bonds. The summed E-state index contributed by atoms with van der Waals surface area (Å²) in [6, 6.07) is 1.85. The van der Waals surface area contributed by atoms with Crippen LogP contribution in [0.2, 0.25) is 0 Å². The van der Waals surface area contributed by atoms with Gasteiger partial charge in [0.2, 0.25) is 0 Å². The molecule has 0 radical (unpaired) electrons. The molecular formula is C4H2Cl2N2S. The lowest BCUT2D eigenvalue weighted by Crippen LogP contribution is -2.25. The average Bonchev–Trinajstić information content (AvgIpc) is 2.13. The Labute approximate surface area is 66.8 Å². The van der Waals surface area contributed by atoms with E-state index in [2.05, 4.69) is 5.32 Å². The van der Waals surface area contributed by atoms with Crippen molar-refractivity contribution in [1.82, 2.24) is 5.32 Å². The van der Waals surface area contributed by atoms with Crippen LogP contribution in [0.5, 0.6) is 0 Å². The number of halogens is 2. The second-order valence-corrected chi connectivity index (χ2v) is 4.08. The molecule has 0 aromatic carbocycles. The first-order chi connectivity index (χ1) is 4.16. The maximum absolute atomic E-state index is 8.39. The molecule has 0 fully saturated rings. The largest absolute Gasteiger partial charge is 0.351 e. The van der Waals surface area contributed by atoms with Gasteiger partial charge in [-0.3, -0.25) is 0 Å². The first-order valence-corrected chi connectivity index (χ1v) is 3.66. The van der Waals surface area contributed by atoms with Gasteiger partial charge in [-0.1, -0.05) is 35.0 Å². The molecule has 1 heterocycles. The molecule has 0 saturated carbocycles. The van der Waals surface area contributed by atoms with Crippen LogP contribution in [0, 0.1) is 11.3 Å². The van der Waals surface area contributed by atoms with Crippen molar-refractivity contribution in [3.05, 3.63) is 10.6 Å². The van der Waals surface area contributed by atoms with Crippen molar-refractivity contribution in [1.29, 1.82) is 5.26 Å². The molecule has 0 spiro atoms. The smallest absolute Gasteiger partial charge is 0.253 e. The lowest BCUT2D eigenvalue weighted by Gasteiger charge is -2.08. The van der Waals surface area contributed by atoms with Crippen LogP contribution in [0.25, 0.3) is 0 Å². The van der Waals surface area contributed by atoms with Gasteiger partial charge in [0.15, 0.2) is 0 Å². The third kappa shape index (κ3) is 1.45. The highest BCUT2D eigenvalue weighted by atomic mass is 35.5. The normalized spacial score (nSPS) is 32.8. The van der Waals surface area contributed by atoms with Crippen molar-refractivity contribution in [2.45, 2.75) is 4.33 Å². The molecule has 0 aromatic rings. The van der Waals surface area contributed by atoms with Crippen molar-refractivity contribution >= 4 is 35.0 Å². The fourth-order valence-electron chi connectivity index (χ4n) is 0.398. The highest BCUT2D eigenvalue weighted by molar-refractivity contribution is 8.07. The third-order valence-corrected chi connectivity index (χ3v) is 2.32. The third-order valence-electron chi connectivity index (χ3n) is 0.753. The fraction of sp³-hybridized carbons (Fsp3) is 0.250. The molecule has 0 aliphatic carbocycles. The number of nitrogens with zero attached hydrogens (tertiary/aromatic N) is 1. The molecule has 1 aliphatic heterocycles. The summed E-state index contributed by atoms with van der Waals surface area (Å²) in [6.45, 7) is 0. The molecule has 1 rings (SSSR count). The Morgan fingerprint density at radius 1 is 1.89 bits per heavy atom. The van der Waals surface area contributed by atoms with E-state index in [1.165, 1.54) is 6.20 Å². The summed E-state index contributed by atoms with van der Waals surface area (Å²) in [6.07, 6.45) is 1.50. The minimum Gasteiger partial charge on any atom is -0.351 e. The van der Waals surface area contributed by atoms with Gasteiger partial charge < -0.3 is 5.32 Å². The number of nitrogens with one attached hydrogen (secondary N) is 1. The Hall–Kier alpha value is -0.0400. The van der Waals surface area contributed by atoms with Crippen LogP contribution in [0.1, 0.15) is 0 Å². The quantitative estimate of drug-likeness (QED) is 0.457. The Bertz CT molecular complexity index is 197. The van der Waals surface area contributed by atoms with Crippen LogP contribution in [-0.2, 0) is 0 Å². The summed E-state index contributed by atoms with van der Waals surface area (Å²) < 4.78 is -0.566. The highest BCUT2D eigenvalue weighted by Crippen LogP contribution is 2.39. The Morgan fingerprint density at radius 2 is 2.56 bits per heavy atom. The van der Waals surface area contributed by atoms with Crippen molar-refractivity contribution in [2.75, 3.05) is 0 Å². The molecule has 0 bridgehead atoms. The average molecular weight is 181 g/mol. The van der Waals surface area contributed by atoms with E-state index in [9.17, 15) is 0 Å². The number of hydrogen-bond donors (Lipinski definition) is 1. The molecule has 5 heteroatoms. The lowest BCUT2D eigenvalue weighted by atomic mass is 10.7. The molecule has 2 nitrogen and oxygen atoms in total. The molecule has 1 aliphatic rings. The SMILES string of the molecule is N#CC1(Cl)NC=C(Cl)S1. The maximum atomic E-state index is 8.39. The molecule has 9 heavy (non-hydrogen) atoms. The number of nitriles is 1. The summed E-state index contributed by atoms with van der Waals surface area (Å²) in [5, 5.41) is 11.0. The Kier molecular flexibility index (Phi) is 1.80. The van der Waals surface area contributed by atoms with Gasteiger partial charge in [-0.05, 0) is 0 Å². The predicted molar refractivity (Wildman–Crippen MR) is 38.9 cm³/mol. The van der Waals surface area contributed by atoms with Crippen molar-refractivity contribution in [3.63, 3.8) is 0 Å². The van der Waals surface area contributed by atoms with Gasteiger partial charge in [-0.15, -0.1) is 0 Å². The van der Waals surface area contributed by atoms with Crippen molar-refractivity contribution in [3.8, 4) is 6.07 Å². The van der Waals surface area contributed by atoms with Gasteiger partial charge in [-0.2, -0.15) is 5.26 Å². The Balaban J connectivity index is 2.67. The van der Waals surface area contributed by atoms with Crippen LogP contribution in [0.4, 0.5) is 0 Å². The first kappa shape index (κ1) is 7.07. The van der Waals surface area contributed by atoms with Crippen molar-refractivity contribution in [2.24, 2.45) is 0 Å². The van der Waals surface area contributed by atoms with Crippen LogP contribution < -0.4 is 5.32 Å². The van der Waals surface area contributed by atoms with Crippen LogP contribution in [-0.4, -0.2) is 4.33 Å². The molecule has 48 valence electrons. The van der Waals surface area contributed by atoms with E-state index in [0.717, 1.165) is 11.8 Å². The van der Waals surface area contributed by atoms with Gasteiger partial charge in [0.1, 0.15) is 6.07 Å². The van der Waals surface area contributed by atoms with Crippen LogP contribution in [0.3, 0.4) is 0 Å². The van der Waals surface area contributed by atoms with E-state index in [4.69, 9.17) is 28.5 Å². The number of thioether (sulfide) groups is 1. The summed E-state index contributed by atoms with van der Waals surface area (Å²) in [4.78, 5) is 0. The maximum Gasteiger partial charge on any atom is 0.253 e. The van der Waals surface area contributed by atoms with Gasteiger partial charge >= 0.3 is 0 Å². The van der Waals surface area contributed by atoms with Crippen LogP contribution >= 0.6 is 35.0 Å². The van der Waals surface area contributed by atoms with Gasteiger partial charge in [0, 0.05) is 6.20 Å². The monoisotopic (exact) mass is 180 g/mol. The van der Waals surface area contributed by atoms with Gasteiger partial charge in [0.05, 0.1) is 4.36 Å². The number of rotatable bonds is 0. The zero-order valence-electron chi connectivity index (χ0n) is 4.19. The van der Waals surface area contributed by atoms with E-state index in [-0.39, 0.29) is 0 Å². The van der Waals surface area contributed by atoms with E-state index < -0.39 is 4.33 Å². The summed E-state index contributed by atoms with van der Waals surface area (Å²) in [5.74, 6) is 0. The fourth-order valence-corrected chi connectivity index (χ4v) is 1.77. The molecule has 1 atom stereocenters. The minimum atomic E-state index is -1.07. The minimum absolute atomic E-state index is 0.506. The van der Waals surface area contributed by atoms with E-state index in [1.807, 2.05) is 6.07 Å². The zero-order valence-corrected chi connectivity index (χ0v) is 6.52. The number of hydrogen-bond acceptors (Lipinski definition) is 3. The van der Waals surface area contributed by atoms with Gasteiger partial charge in [-0.25, -0.2) is 0 Å². The number of alkyl halides is 1. The Morgan fingerprint density at radius 3 is 2.78 bits per heavy atom. The second-order valence-electron chi connectivity index (χ2n) is 1.40. The summed E-state index contributed by atoms with van der Waals surface area (Å²) >= 11 is 12.2. The topological polar surface area (TPSA) is 35.8 Å². The molecule has 0 saturated heterocycles. The summed E-state index contributed by atoms with van der Waals surface area (Å²) in [7, 11) is 0. The predicted octanol–water partition coefficient (Wildman–Crippen LogP) is 1.78. The van der Waals surface area contributed by atoms with Crippen LogP contribution in [0.15, 0.2) is 10.6 Å². The van der Waals surface area contributed by atoms with Crippen molar-refractivity contribution < 1.29 is 0 Å².